The van der Waals surface area contributed by atoms with Gasteiger partial charge in [0.1, 0.15) is 17.3 Å². The van der Waals surface area contributed by atoms with Crippen molar-refractivity contribution >= 4 is 17.0 Å². The molecule has 8 heteroatoms. The number of pyridine rings is 1. The van der Waals surface area contributed by atoms with E-state index in [0.717, 1.165) is 0 Å². The molecule has 0 spiro atoms. The molecule has 2 N–H and O–H groups in total. The molecule has 124 valence electrons. The molecule has 6 nitrogen and oxygen atoms in total. The molecule has 0 unspecified atom stereocenters. The lowest BCUT2D eigenvalue weighted by Gasteiger charge is -2.07. The molecule has 3 aromatic heterocycles. The molecular weight excluding hydrogens is 326 g/mol. The summed E-state index contributed by atoms with van der Waals surface area (Å²) in [5.74, 6) is -1.25. The van der Waals surface area contributed by atoms with Gasteiger partial charge in [-0.15, -0.1) is 0 Å². The van der Waals surface area contributed by atoms with E-state index in [1.54, 1.807) is 18.3 Å². The number of anilines is 1. The SMILES string of the molecule is Nc1nc(-c2ccccn2)c2cnn(Cc3c(F)cccc3F)c2n1. The predicted molar refractivity (Wildman–Crippen MR) is 88.4 cm³/mol. The van der Waals surface area contributed by atoms with Crippen molar-refractivity contribution < 1.29 is 8.78 Å². The van der Waals surface area contributed by atoms with Gasteiger partial charge < -0.3 is 5.73 Å². The fourth-order valence-electron chi connectivity index (χ4n) is 2.62. The van der Waals surface area contributed by atoms with E-state index < -0.39 is 11.6 Å². The van der Waals surface area contributed by atoms with Crippen molar-refractivity contribution in [3.05, 3.63) is 66.0 Å². The molecule has 0 aliphatic heterocycles. The third-order valence-corrected chi connectivity index (χ3v) is 3.79. The minimum atomic E-state index is -0.643. The smallest absolute Gasteiger partial charge is 0.222 e. The Kier molecular flexibility index (Phi) is 3.57. The van der Waals surface area contributed by atoms with Crippen molar-refractivity contribution in [2.75, 3.05) is 5.73 Å². The van der Waals surface area contributed by atoms with Crippen LogP contribution in [0.15, 0.2) is 48.8 Å². The van der Waals surface area contributed by atoms with Crippen molar-refractivity contribution in [2.45, 2.75) is 6.54 Å². The Labute approximate surface area is 141 Å². The molecule has 0 saturated carbocycles. The third kappa shape index (κ3) is 2.67. The fraction of sp³-hybridized carbons (Fsp3) is 0.0588. The van der Waals surface area contributed by atoms with E-state index in [0.29, 0.717) is 22.4 Å². The van der Waals surface area contributed by atoms with Gasteiger partial charge in [0.25, 0.3) is 0 Å². The van der Waals surface area contributed by atoms with Crippen LogP contribution >= 0.6 is 0 Å². The second-order valence-electron chi connectivity index (χ2n) is 5.39. The van der Waals surface area contributed by atoms with E-state index in [-0.39, 0.29) is 18.1 Å². The number of hydrogen-bond donors (Lipinski definition) is 1. The Balaban J connectivity index is 1.86. The van der Waals surface area contributed by atoms with E-state index in [2.05, 4.69) is 20.1 Å². The highest BCUT2D eigenvalue weighted by molar-refractivity contribution is 5.89. The molecule has 4 rings (SSSR count). The predicted octanol–water partition coefficient (Wildman–Crippen LogP) is 2.80. The number of halogens is 2. The maximum absolute atomic E-state index is 13.9. The molecule has 1 aromatic carbocycles. The van der Waals surface area contributed by atoms with Crippen molar-refractivity contribution in [3.63, 3.8) is 0 Å². The first-order valence-corrected chi connectivity index (χ1v) is 7.47. The first-order valence-electron chi connectivity index (χ1n) is 7.47. The van der Waals surface area contributed by atoms with Gasteiger partial charge in [-0.25, -0.2) is 18.4 Å². The van der Waals surface area contributed by atoms with Gasteiger partial charge in [-0.1, -0.05) is 12.1 Å². The molecule has 3 heterocycles. The zero-order chi connectivity index (χ0) is 17.4. The normalized spacial score (nSPS) is 11.1. The zero-order valence-electron chi connectivity index (χ0n) is 12.9. The number of nitrogens with two attached hydrogens (primary N) is 1. The average Bonchev–Trinajstić information content (AvgIpc) is 3.01. The molecule has 0 bridgehead atoms. The Bertz CT molecular complexity index is 1040. The summed E-state index contributed by atoms with van der Waals surface area (Å²) in [5.41, 5.74) is 7.22. The van der Waals surface area contributed by atoms with Gasteiger partial charge >= 0.3 is 0 Å². The highest BCUT2D eigenvalue weighted by atomic mass is 19.1. The van der Waals surface area contributed by atoms with Gasteiger partial charge in [0, 0.05) is 11.8 Å². The van der Waals surface area contributed by atoms with Crippen LogP contribution in [-0.2, 0) is 6.54 Å². The zero-order valence-corrected chi connectivity index (χ0v) is 12.9. The van der Waals surface area contributed by atoms with Crippen molar-refractivity contribution in [1.29, 1.82) is 0 Å². The van der Waals surface area contributed by atoms with Gasteiger partial charge in [-0.3, -0.25) is 4.98 Å². The number of hydrogen-bond acceptors (Lipinski definition) is 5. The van der Waals surface area contributed by atoms with Gasteiger partial charge in [0.15, 0.2) is 5.65 Å². The molecule has 0 fully saturated rings. The van der Waals surface area contributed by atoms with E-state index in [4.69, 9.17) is 5.73 Å². The Morgan fingerprint density at radius 3 is 2.52 bits per heavy atom. The first-order chi connectivity index (χ1) is 12.1. The Morgan fingerprint density at radius 2 is 1.80 bits per heavy atom. The van der Waals surface area contributed by atoms with Crippen molar-refractivity contribution in [1.82, 2.24) is 24.7 Å². The van der Waals surface area contributed by atoms with E-state index in [9.17, 15) is 8.78 Å². The summed E-state index contributed by atoms with van der Waals surface area (Å²) >= 11 is 0. The van der Waals surface area contributed by atoms with Crippen LogP contribution in [-0.4, -0.2) is 24.7 Å². The van der Waals surface area contributed by atoms with Gasteiger partial charge in [-0.2, -0.15) is 10.1 Å². The Hall–Kier alpha value is -3.42. The summed E-state index contributed by atoms with van der Waals surface area (Å²) in [4.78, 5) is 12.7. The fourth-order valence-corrected chi connectivity index (χ4v) is 2.62. The quantitative estimate of drug-likeness (QED) is 0.621. The first kappa shape index (κ1) is 15.1. The Morgan fingerprint density at radius 1 is 1.00 bits per heavy atom. The van der Waals surface area contributed by atoms with E-state index in [1.165, 1.54) is 29.1 Å². The van der Waals surface area contributed by atoms with Crippen LogP contribution in [0.4, 0.5) is 14.7 Å². The molecule has 0 atom stereocenters. The molecule has 4 aromatic rings. The lowest BCUT2D eigenvalue weighted by atomic mass is 10.2. The monoisotopic (exact) mass is 338 g/mol. The van der Waals surface area contributed by atoms with Gasteiger partial charge in [-0.05, 0) is 24.3 Å². The molecular formula is C17H12F2N6. The minimum Gasteiger partial charge on any atom is -0.368 e. The summed E-state index contributed by atoms with van der Waals surface area (Å²) in [5, 5.41) is 4.80. The number of fused-ring (bicyclic) bond motifs is 1. The molecule has 0 aliphatic rings. The van der Waals surface area contributed by atoms with Crippen LogP contribution < -0.4 is 5.73 Å². The highest BCUT2D eigenvalue weighted by Crippen LogP contribution is 2.26. The lowest BCUT2D eigenvalue weighted by Crippen LogP contribution is -2.08. The molecule has 0 aliphatic carbocycles. The summed E-state index contributed by atoms with van der Waals surface area (Å²) < 4.78 is 29.2. The van der Waals surface area contributed by atoms with Gasteiger partial charge in [0.2, 0.25) is 5.95 Å². The topological polar surface area (TPSA) is 82.5 Å². The van der Waals surface area contributed by atoms with Gasteiger partial charge in [0.05, 0.1) is 23.8 Å². The van der Waals surface area contributed by atoms with E-state index >= 15 is 0 Å². The third-order valence-electron chi connectivity index (χ3n) is 3.79. The number of nitrogens with zero attached hydrogens (tertiary/aromatic N) is 5. The summed E-state index contributed by atoms with van der Waals surface area (Å²) in [7, 11) is 0. The largest absolute Gasteiger partial charge is 0.368 e. The number of benzene rings is 1. The standard InChI is InChI=1S/C17H12F2N6/c18-12-4-3-5-13(19)11(12)9-25-16-10(8-22-25)15(23-17(20)24-16)14-6-1-2-7-21-14/h1-8H,9H2,(H2,20,23,24). The van der Waals surface area contributed by atoms with Crippen LogP contribution in [0.2, 0.25) is 0 Å². The van der Waals surface area contributed by atoms with Crippen LogP contribution in [0, 0.1) is 11.6 Å². The van der Waals surface area contributed by atoms with Crippen LogP contribution in [0.3, 0.4) is 0 Å². The second-order valence-corrected chi connectivity index (χ2v) is 5.39. The molecule has 0 radical (unpaired) electrons. The van der Waals surface area contributed by atoms with Crippen LogP contribution in [0.1, 0.15) is 5.56 Å². The number of aromatic nitrogens is 5. The molecule has 0 saturated heterocycles. The van der Waals surface area contributed by atoms with Crippen LogP contribution in [0.5, 0.6) is 0 Å². The second kappa shape index (κ2) is 5.90. The number of rotatable bonds is 3. The van der Waals surface area contributed by atoms with Crippen molar-refractivity contribution in [2.24, 2.45) is 0 Å². The molecule has 25 heavy (non-hydrogen) atoms. The average molecular weight is 338 g/mol. The summed E-state index contributed by atoms with van der Waals surface area (Å²) in [6, 6.07) is 9.12. The number of nitrogen functional groups attached to an aromatic ring is 1. The lowest BCUT2D eigenvalue weighted by molar-refractivity contribution is 0.536. The summed E-state index contributed by atoms with van der Waals surface area (Å²) in [6.45, 7) is -0.111. The molecule has 0 amide bonds. The maximum Gasteiger partial charge on any atom is 0.222 e. The minimum absolute atomic E-state index is 0.0314. The maximum atomic E-state index is 13.9. The van der Waals surface area contributed by atoms with Crippen molar-refractivity contribution in [3.8, 4) is 11.4 Å². The highest BCUT2D eigenvalue weighted by Gasteiger charge is 2.16. The van der Waals surface area contributed by atoms with Crippen LogP contribution in [0.25, 0.3) is 22.4 Å². The van der Waals surface area contributed by atoms with E-state index in [1.807, 2.05) is 6.07 Å². The summed E-state index contributed by atoms with van der Waals surface area (Å²) in [6.07, 6.45) is 3.18.